The van der Waals surface area contributed by atoms with E-state index < -0.39 is 0 Å². The Morgan fingerprint density at radius 1 is 0.606 bits per heavy atom. The van der Waals surface area contributed by atoms with Crippen molar-refractivity contribution in [3.63, 3.8) is 0 Å². The maximum Gasteiger partial charge on any atom is 0.228 e. The van der Waals surface area contributed by atoms with E-state index in [1.165, 1.54) is 86.6 Å². The Hall–Kier alpha value is -6.52. The number of allylic oxidation sites excluding steroid dienone is 6. The lowest BCUT2D eigenvalue weighted by molar-refractivity contribution is 0.00878. The van der Waals surface area contributed by atoms with Gasteiger partial charge in [0.05, 0.1) is 16.8 Å². The molecule has 320 valence electrons. The summed E-state index contributed by atoms with van der Waals surface area (Å²) in [6.07, 6.45) is 21.7. The summed E-state index contributed by atoms with van der Waals surface area (Å²) < 4.78 is 0. The molecule has 2 aliphatic heterocycles. The van der Waals surface area contributed by atoms with E-state index >= 15 is 0 Å². The number of hydrogen-bond donors (Lipinski definition) is 0. The average molecular weight is 852 g/mol. The van der Waals surface area contributed by atoms with Crippen LogP contribution in [0.25, 0.3) is 16.7 Å². The molecule has 6 aromatic carbocycles. The summed E-state index contributed by atoms with van der Waals surface area (Å²) in [5.41, 5.74) is 20.8. The molecule has 9 unspecified atom stereocenters. The zero-order valence-electron chi connectivity index (χ0n) is 37.9. The highest BCUT2D eigenvalue weighted by Crippen LogP contribution is 2.65. The molecule has 9 aliphatic rings. The maximum absolute atomic E-state index is 2.97. The number of hydrogen-bond acceptors (Lipinski definition) is 3. The minimum absolute atomic E-state index is 0.0992. The third kappa shape index (κ3) is 5.11. The monoisotopic (exact) mass is 851 g/mol. The predicted molar refractivity (Wildman–Crippen MR) is 275 cm³/mol. The van der Waals surface area contributed by atoms with Crippen molar-refractivity contribution in [2.45, 2.75) is 68.9 Å². The molecule has 0 saturated heterocycles. The van der Waals surface area contributed by atoms with Crippen LogP contribution < -0.4 is 25.6 Å². The van der Waals surface area contributed by atoms with Crippen LogP contribution in [0.3, 0.4) is 0 Å². The van der Waals surface area contributed by atoms with Gasteiger partial charge in [0.15, 0.2) is 0 Å². The Kier molecular flexibility index (Phi) is 7.73. The zero-order valence-corrected chi connectivity index (χ0v) is 37.9. The highest BCUT2D eigenvalue weighted by atomic mass is 15.3. The molecule has 66 heavy (non-hydrogen) atoms. The van der Waals surface area contributed by atoms with Gasteiger partial charge in [0, 0.05) is 40.4 Å². The van der Waals surface area contributed by atoms with Gasteiger partial charge < -0.3 is 14.7 Å². The van der Waals surface area contributed by atoms with Gasteiger partial charge in [0.25, 0.3) is 0 Å². The molecule has 2 heterocycles. The van der Waals surface area contributed by atoms with Gasteiger partial charge in [0.2, 0.25) is 6.71 Å². The molecule has 0 N–H and O–H groups in total. The fourth-order valence-corrected chi connectivity index (χ4v) is 15.6. The highest BCUT2D eigenvalue weighted by Gasteiger charge is 2.61. The van der Waals surface area contributed by atoms with Crippen LogP contribution in [0.1, 0.15) is 51.5 Å². The predicted octanol–water partition coefficient (Wildman–Crippen LogP) is 13.5. The first-order valence-corrected chi connectivity index (χ1v) is 24.9. The first kappa shape index (κ1) is 37.7. The van der Waals surface area contributed by atoms with E-state index in [0.717, 1.165) is 30.6 Å². The molecule has 0 amide bonds. The number of rotatable bonds is 7. The summed E-state index contributed by atoms with van der Waals surface area (Å²) in [5.74, 6) is 3.91. The zero-order chi connectivity index (χ0) is 43.5. The summed E-state index contributed by atoms with van der Waals surface area (Å²) in [6.45, 7) is 5.29. The molecule has 3 nitrogen and oxygen atoms in total. The molecule has 0 spiro atoms. The van der Waals surface area contributed by atoms with E-state index in [4.69, 9.17) is 0 Å². The molecule has 0 bridgehead atoms. The molecule has 7 aliphatic carbocycles. The van der Waals surface area contributed by atoms with Gasteiger partial charge in [-0.05, 0) is 151 Å². The van der Waals surface area contributed by atoms with E-state index in [0.29, 0.717) is 11.8 Å². The smallest absolute Gasteiger partial charge is 0.228 e. The Morgan fingerprint density at radius 3 is 1.97 bits per heavy atom. The van der Waals surface area contributed by atoms with Crippen molar-refractivity contribution in [2.24, 2.45) is 29.6 Å². The highest BCUT2D eigenvalue weighted by molar-refractivity contribution is 6.93. The van der Waals surface area contributed by atoms with Gasteiger partial charge in [-0.1, -0.05) is 162 Å². The molecule has 9 atom stereocenters. The van der Waals surface area contributed by atoms with Crippen LogP contribution in [0.2, 0.25) is 5.82 Å². The minimum atomic E-state index is -0.205. The standard InChI is InChI=1S/C62H54BN3/c1-61(35-43-29-41-30-44(36-61)56(41)43)65-52-27-15-25-50(39-17-7-3-8-18-39)58(52)63-59-51(40-19-9-4-10-20-40)26-16-28-53(59)66(62(2)37-45-31-42-32-46(38-62)57(42)45)55-34-49(33-54(65)60(55)63)64(47-21-11-5-12-22-47)48-23-13-6-14-24-48/h3-29,33-34,36-37,42-43,46,52,56-58H,30-32,35,38H2,1-2H3. The van der Waals surface area contributed by atoms with E-state index in [-0.39, 0.29) is 29.6 Å². The first-order valence-electron chi connectivity index (χ1n) is 24.9. The molecule has 3 fully saturated rings. The molecule has 6 aromatic rings. The second-order valence-corrected chi connectivity index (χ2v) is 21.7. The summed E-state index contributed by atoms with van der Waals surface area (Å²) in [6, 6.07) is 57.6. The number of fused-ring (bicyclic) bond motifs is 4. The molecule has 4 heteroatoms. The van der Waals surface area contributed by atoms with E-state index in [9.17, 15) is 0 Å². The molecule has 3 saturated carbocycles. The summed E-state index contributed by atoms with van der Waals surface area (Å²) >= 11 is 0. The molecule has 0 aromatic heterocycles. The van der Waals surface area contributed by atoms with Crippen LogP contribution in [-0.4, -0.2) is 23.8 Å². The number of benzene rings is 6. The maximum atomic E-state index is 2.97. The molecule has 0 radical (unpaired) electrons. The lowest BCUT2D eigenvalue weighted by Crippen LogP contribution is -2.69. The number of nitrogens with zero attached hydrogens (tertiary/aromatic N) is 3. The normalized spacial score (nSPS) is 30.8. The van der Waals surface area contributed by atoms with Crippen molar-refractivity contribution in [1.82, 2.24) is 0 Å². The van der Waals surface area contributed by atoms with E-state index in [2.05, 4.69) is 217 Å². The number of para-hydroxylation sites is 2. The van der Waals surface area contributed by atoms with Gasteiger partial charge in [0.1, 0.15) is 0 Å². The van der Waals surface area contributed by atoms with Crippen LogP contribution in [0.15, 0.2) is 205 Å². The third-order valence-corrected chi connectivity index (χ3v) is 18.0. The van der Waals surface area contributed by atoms with Crippen LogP contribution >= 0.6 is 0 Å². The van der Waals surface area contributed by atoms with Crippen molar-refractivity contribution >= 4 is 57.3 Å². The average Bonchev–Trinajstić information content (AvgIpc) is 3.32. The summed E-state index contributed by atoms with van der Waals surface area (Å²) in [7, 11) is 0. The molecule has 15 rings (SSSR count). The number of anilines is 6. The van der Waals surface area contributed by atoms with Crippen molar-refractivity contribution in [1.29, 1.82) is 0 Å². The molecular formula is C62H54BN3. The summed E-state index contributed by atoms with van der Waals surface area (Å²) in [4.78, 5) is 8.39. The van der Waals surface area contributed by atoms with Crippen LogP contribution in [0.4, 0.5) is 34.1 Å². The van der Waals surface area contributed by atoms with E-state index in [1.807, 2.05) is 0 Å². The topological polar surface area (TPSA) is 9.72 Å². The third-order valence-electron chi connectivity index (χ3n) is 18.0. The van der Waals surface area contributed by atoms with Crippen LogP contribution in [-0.2, 0) is 0 Å². The second kappa shape index (κ2) is 13.5. The quantitative estimate of drug-likeness (QED) is 0.117. The lowest BCUT2D eigenvalue weighted by Gasteiger charge is -2.64. The Bertz CT molecular complexity index is 3130. The SMILES string of the molecule is CC1(N2c3cccc(-c4ccccc4)c3B3c4c2cc(N(c2ccccc2)c2ccccc2)cc4N(C2(C)C=C4CC5=CC(C2)C54)C2C=CC=C(c4ccccc4)C32)C=C2CC3CC(C1)C23. The van der Waals surface area contributed by atoms with Gasteiger partial charge >= 0.3 is 0 Å². The largest absolute Gasteiger partial charge is 0.357 e. The van der Waals surface area contributed by atoms with Crippen molar-refractivity contribution in [3.8, 4) is 11.1 Å². The lowest BCUT2D eigenvalue weighted by atomic mass is 9.27. The fourth-order valence-electron chi connectivity index (χ4n) is 15.6. The van der Waals surface area contributed by atoms with Crippen LogP contribution in [0, 0.1) is 29.6 Å². The Labute approximate surface area is 390 Å². The fraction of sp³-hybridized carbons (Fsp3) is 0.258. The Balaban J connectivity index is 1.07. The van der Waals surface area contributed by atoms with Crippen LogP contribution in [0.5, 0.6) is 0 Å². The van der Waals surface area contributed by atoms with Crippen molar-refractivity contribution < 1.29 is 0 Å². The minimum Gasteiger partial charge on any atom is -0.357 e. The van der Waals surface area contributed by atoms with Gasteiger partial charge in [-0.15, -0.1) is 0 Å². The molecular weight excluding hydrogens is 798 g/mol. The first-order chi connectivity index (χ1) is 32.4. The van der Waals surface area contributed by atoms with Gasteiger partial charge in [-0.3, -0.25) is 0 Å². The van der Waals surface area contributed by atoms with Crippen molar-refractivity contribution in [3.05, 3.63) is 210 Å². The second-order valence-electron chi connectivity index (χ2n) is 21.7. The van der Waals surface area contributed by atoms with Crippen molar-refractivity contribution in [2.75, 3.05) is 14.7 Å². The van der Waals surface area contributed by atoms with E-state index in [1.54, 1.807) is 16.7 Å². The van der Waals surface area contributed by atoms with Gasteiger partial charge in [-0.25, -0.2) is 0 Å². The summed E-state index contributed by atoms with van der Waals surface area (Å²) in [5, 5.41) is 0. The Morgan fingerprint density at radius 2 is 1.29 bits per heavy atom. The van der Waals surface area contributed by atoms with Gasteiger partial charge in [-0.2, -0.15) is 0 Å².